The van der Waals surface area contributed by atoms with E-state index in [9.17, 15) is 4.39 Å². The highest BCUT2D eigenvalue weighted by atomic mass is 35.5. The Hall–Kier alpha value is -2.85. The summed E-state index contributed by atoms with van der Waals surface area (Å²) in [4.78, 5) is 13.5. The first-order chi connectivity index (χ1) is 16.2. The number of hydrogen-bond acceptors (Lipinski definition) is 8. The Morgan fingerprint density at radius 3 is 2.45 bits per heavy atom. The molecule has 0 bridgehead atoms. The fourth-order valence-electron chi connectivity index (χ4n) is 4.67. The molecule has 9 nitrogen and oxygen atoms in total. The molecule has 2 fully saturated rings. The van der Waals surface area contributed by atoms with Crippen molar-refractivity contribution in [1.29, 1.82) is 0 Å². The second kappa shape index (κ2) is 9.96. The average Bonchev–Trinajstić information content (AvgIpc) is 3.39. The third-order valence-corrected chi connectivity index (χ3v) is 6.74. The summed E-state index contributed by atoms with van der Waals surface area (Å²) < 4.78 is 21.7. The maximum absolute atomic E-state index is 14.4. The van der Waals surface area contributed by atoms with Crippen LogP contribution in [-0.2, 0) is 0 Å². The van der Waals surface area contributed by atoms with Crippen molar-refractivity contribution in [3.8, 4) is 11.4 Å². The predicted molar refractivity (Wildman–Crippen MR) is 121 cm³/mol. The van der Waals surface area contributed by atoms with E-state index in [0.717, 1.165) is 57.8 Å². The van der Waals surface area contributed by atoms with Crippen molar-refractivity contribution in [2.75, 3.05) is 37.7 Å². The summed E-state index contributed by atoms with van der Waals surface area (Å²) in [5, 5.41) is 11.5. The molecule has 174 valence electrons. The molecule has 3 heterocycles. The highest BCUT2D eigenvalue weighted by Crippen LogP contribution is 2.30. The van der Waals surface area contributed by atoms with Crippen LogP contribution in [0.25, 0.3) is 5.69 Å². The number of piperazine rings is 1. The summed E-state index contributed by atoms with van der Waals surface area (Å²) in [6.45, 7) is 4.40. The van der Waals surface area contributed by atoms with Crippen LogP contribution < -0.4 is 9.64 Å². The fraction of sp³-hybridized carbons (Fsp3) is 0.500. The molecule has 1 aliphatic heterocycles. The van der Waals surface area contributed by atoms with Crippen molar-refractivity contribution in [2.24, 2.45) is 5.92 Å². The number of hydrogen-bond donors (Lipinski definition) is 0. The Labute approximate surface area is 196 Å². The molecular weight excluding hydrogens is 447 g/mol. The number of anilines is 1. The highest BCUT2D eigenvalue weighted by Gasteiger charge is 2.29. The minimum Gasteiger partial charge on any atom is -0.490 e. The molecule has 11 heteroatoms. The first-order valence-electron chi connectivity index (χ1n) is 11.3. The minimum atomic E-state index is -0.403. The summed E-state index contributed by atoms with van der Waals surface area (Å²) in [5.74, 6) is 1.07. The van der Waals surface area contributed by atoms with Gasteiger partial charge in [-0.05, 0) is 54.2 Å². The van der Waals surface area contributed by atoms with Crippen LogP contribution in [-0.4, -0.2) is 73.9 Å². The van der Waals surface area contributed by atoms with Gasteiger partial charge in [-0.2, -0.15) is 0 Å². The molecule has 33 heavy (non-hydrogen) atoms. The molecule has 2 aliphatic rings. The lowest BCUT2D eigenvalue weighted by Crippen LogP contribution is -2.51. The van der Waals surface area contributed by atoms with Gasteiger partial charge in [-0.1, -0.05) is 11.6 Å². The fourth-order valence-corrected chi connectivity index (χ4v) is 4.77. The lowest BCUT2D eigenvalue weighted by Gasteiger charge is -2.41. The molecule has 1 aromatic carbocycles. The molecule has 5 rings (SSSR count). The van der Waals surface area contributed by atoms with E-state index in [2.05, 4.69) is 35.3 Å². The normalized spacial score (nSPS) is 21.8. The smallest absolute Gasteiger partial charge is 0.225 e. The Morgan fingerprint density at radius 1 is 1.03 bits per heavy atom. The molecule has 1 saturated heterocycles. The number of rotatable bonds is 6. The van der Waals surface area contributed by atoms with Crippen LogP contribution in [0.2, 0.25) is 5.02 Å². The van der Waals surface area contributed by atoms with Crippen molar-refractivity contribution in [1.82, 2.24) is 35.1 Å². The number of aromatic nitrogens is 6. The molecule has 0 amide bonds. The second-order valence-electron chi connectivity index (χ2n) is 8.58. The summed E-state index contributed by atoms with van der Waals surface area (Å²) in [6.07, 6.45) is 9.20. The monoisotopic (exact) mass is 472 g/mol. The van der Waals surface area contributed by atoms with Crippen LogP contribution in [0.1, 0.15) is 25.7 Å². The molecule has 0 unspecified atom stereocenters. The number of nitrogens with zero attached hydrogens (tertiary/aromatic N) is 8. The van der Waals surface area contributed by atoms with Gasteiger partial charge in [-0.3, -0.25) is 4.90 Å². The quantitative estimate of drug-likeness (QED) is 0.541. The number of ether oxygens (including phenoxy) is 1. The summed E-state index contributed by atoms with van der Waals surface area (Å²) >= 11 is 5.89. The van der Waals surface area contributed by atoms with Crippen molar-refractivity contribution in [3.05, 3.63) is 47.8 Å². The van der Waals surface area contributed by atoms with E-state index in [1.54, 1.807) is 24.5 Å². The van der Waals surface area contributed by atoms with Gasteiger partial charge in [0, 0.05) is 38.3 Å². The lowest BCUT2D eigenvalue weighted by molar-refractivity contribution is 0.110. The number of tetrazole rings is 1. The van der Waals surface area contributed by atoms with E-state index in [1.165, 1.54) is 17.1 Å². The van der Waals surface area contributed by atoms with Gasteiger partial charge in [-0.15, -0.1) is 5.10 Å². The van der Waals surface area contributed by atoms with Crippen molar-refractivity contribution < 1.29 is 9.13 Å². The van der Waals surface area contributed by atoms with Crippen molar-refractivity contribution >= 4 is 17.5 Å². The van der Waals surface area contributed by atoms with Gasteiger partial charge in [0.1, 0.15) is 6.33 Å². The zero-order valence-electron chi connectivity index (χ0n) is 18.2. The SMILES string of the molecule is Fc1cc(-n2cnnn2)ccc1OCC1CCC(N2CCN(c3ncc(Cl)cn3)CC2)CC1. The van der Waals surface area contributed by atoms with E-state index < -0.39 is 5.82 Å². The van der Waals surface area contributed by atoms with Crippen LogP contribution in [0.15, 0.2) is 36.9 Å². The lowest BCUT2D eigenvalue weighted by atomic mass is 9.85. The third-order valence-electron chi connectivity index (χ3n) is 6.54. The molecule has 0 atom stereocenters. The van der Waals surface area contributed by atoms with Gasteiger partial charge in [-0.25, -0.2) is 19.0 Å². The molecule has 3 aromatic rings. The minimum absolute atomic E-state index is 0.273. The van der Waals surface area contributed by atoms with Gasteiger partial charge in [0.05, 0.1) is 29.7 Å². The molecule has 1 aliphatic carbocycles. The molecule has 0 radical (unpaired) electrons. The summed E-state index contributed by atoms with van der Waals surface area (Å²) in [7, 11) is 0. The standard InChI is InChI=1S/C22H26ClFN8O/c23-17-12-25-22(26-13-17)31-9-7-30(8-10-31)18-3-1-16(2-4-18)14-33-21-6-5-19(11-20(21)24)32-15-27-28-29-32/h5-6,11-13,15-16,18H,1-4,7-10,14H2. The molecule has 0 spiro atoms. The van der Waals surface area contributed by atoms with Crippen molar-refractivity contribution in [3.63, 3.8) is 0 Å². The maximum Gasteiger partial charge on any atom is 0.225 e. The molecule has 0 N–H and O–H groups in total. The van der Waals surface area contributed by atoms with E-state index in [-0.39, 0.29) is 5.75 Å². The van der Waals surface area contributed by atoms with Gasteiger partial charge >= 0.3 is 0 Å². The van der Waals surface area contributed by atoms with Crippen LogP contribution in [0.5, 0.6) is 5.75 Å². The van der Waals surface area contributed by atoms with Crippen LogP contribution in [0.4, 0.5) is 10.3 Å². The van der Waals surface area contributed by atoms with Crippen molar-refractivity contribution in [2.45, 2.75) is 31.7 Å². The number of halogens is 2. The first-order valence-corrected chi connectivity index (χ1v) is 11.7. The average molecular weight is 473 g/mol. The Morgan fingerprint density at radius 2 is 1.79 bits per heavy atom. The summed E-state index contributed by atoms with van der Waals surface area (Å²) in [6, 6.07) is 5.38. The van der Waals surface area contributed by atoms with Crippen LogP contribution in [0.3, 0.4) is 0 Å². The Balaban J connectivity index is 1.06. The van der Waals surface area contributed by atoms with E-state index in [1.807, 2.05) is 0 Å². The van der Waals surface area contributed by atoms with E-state index in [4.69, 9.17) is 16.3 Å². The number of benzene rings is 1. The second-order valence-corrected chi connectivity index (χ2v) is 9.02. The largest absolute Gasteiger partial charge is 0.490 e. The van der Waals surface area contributed by atoms with Gasteiger partial charge in [0.25, 0.3) is 0 Å². The van der Waals surface area contributed by atoms with Gasteiger partial charge in [0.2, 0.25) is 5.95 Å². The molecule has 1 saturated carbocycles. The predicted octanol–water partition coefficient (Wildman–Crippen LogP) is 3.00. The highest BCUT2D eigenvalue weighted by molar-refractivity contribution is 6.30. The van der Waals surface area contributed by atoms with Gasteiger partial charge < -0.3 is 9.64 Å². The maximum atomic E-state index is 14.4. The van der Waals surface area contributed by atoms with Crippen LogP contribution >= 0.6 is 11.6 Å². The summed E-state index contributed by atoms with van der Waals surface area (Å²) in [5.41, 5.74) is 0.563. The molecule has 2 aromatic heterocycles. The molecular formula is C22H26ClFN8O. The topological polar surface area (TPSA) is 85.1 Å². The third kappa shape index (κ3) is 5.22. The first kappa shape index (κ1) is 22.0. The van der Waals surface area contributed by atoms with Gasteiger partial charge in [0.15, 0.2) is 11.6 Å². The zero-order chi connectivity index (χ0) is 22.6. The van der Waals surface area contributed by atoms with E-state index >= 15 is 0 Å². The zero-order valence-corrected chi connectivity index (χ0v) is 19.0. The van der Waals surface area contributed by atoms with Crippen LogP contribution in [0, 0.1) is 11.7 Å². The Kier molecular flexibility index (Phi) is 6.63. The van der Waals surface area contributed by atoms with E-state index in [0.29, 0.717) is 29.3 Å². The Bertz CT molecular complexity index is 1040.